The molecule has 0 aliphatic carbocycles. The van der Waals surface area contributed by atoms with Crippen LogP contribution >= 0.6 is 0 Å². The zero-order valence-electron chi connectivity index (χ0n) is 8.57. The van der Waals surface area contributed by atoms with Crippen molar-refractivity contribution in [2.75, 3.05) is 6.54 Å². The lowest BCUT2D eigenvalue weighted by atomic mass is 10.1. The molecule has 0 saturated heterocycles. The summed E-state index contributed by atoms with van der Waals surface area (Å²) in [6.07, 6.45) is 3.83. The number of carbonyl (C=O) groups is 2. The Morgan fingerprint density at radius 1 is 1.33 bits per heavy atom. The van der Waals surface area contributed by atoms with Gasteiger partial charge in [-0.05, 0) is 30.7 Å². The van der Waals surface area contributed by atoms with Crippen LogP contribution in [-0.2, 0) is 4.79 Å². The molecule has 0 fully saturated rings. The SMILES string of the molecule is CCNC(=O)c1ccc(/C=C/C=O)cc1. The lowest BCUT2D eigenvalue weighted by Gasteiger charge is -2.01. The van der Waals surface area contributed by atoms with Crippen LogP contribution in [0, 0.1) is 0 Å². The van der Waals surface area contributed by atoms with E-state index in [1.165, 1.54) is 6.08 Å². The van der Waals surface area contributed by atoms with Crippen LogP contribution in [0.4, 0.5) is 0 Å². The number of benzene rings is 1. The van der Waals surface area contributed by atoms with E-state index in [9.17, 15) is 9.59 Å². The van der Waals surface area contributed by atoms with E-state index in [2.05, 4.69) is 5.32 Å². The second kappa shape index (κ2) is 5.75. The van der Waals surface area contributed by atoms with Crippen molar-refractivity contribution in [3.8, 4) is 0 Å². The standard InChI is InChI=1S/C12H13NO2/c1-2-13-12(15)11-7-5-10(6-8-11)4-3-9-14/h3-9H,2H2,1H3,(H,13,15)/b4-3+. The lowest BCUT2D eigenvalue weighted by molar-refractivity contribution is -0.104. The smallest absolute Gasteiger partial charge is 0.251 e. The average Bonchev–Trinajstić information content (AvgIpc) is 2.27. The molecule has 1 N–H and O–H groups in total. The number of nitrogens with one attached hydrogen (secondary N) is 1. The zero-order valence-corrected chi connectivity index (χ0v) is 8.57. The molecular formula is C12H13NO2. The summed E-state index contributed by atoms with van der Waals surface area (Å²) in [5, 5.41) is 2.71. The molecule has 0 aliphatic heterocycles. The van der Waals surface area contributed by atoms with Crippen molar-refractivity contribution >= 4 is 18.3 Å². The molecule has 0 radical (unpaired) electrons. The summed E-state index contributed by atoms with van der Waals surface area (Å²) >= 11 is 0. The number of aldehydes is 1. The molecule has 3 nitrogen and oxygen atoms in total. The van der Waals surface area contributed by atoms with Crippen molar-refractivity contribution in [2.24, 2.45) is 0 Å². The summed E-state index contributed by atoms with van der Waals surface area (Å²) in [7, 11) is 0. The highest BCUT2D eigenvalue weighted by Crippen LogP contribution is 2.05. The normalized spacial score (nSPS) is 10.2. The average molecular weight is 203 g/mol. The van der Waals surface area contributed by atoms with Gasteiger partial charge in [0.05, 0.1) is 0 Å². The molecular weight excluding hydrogens is 190 g/mol. The predicted molar refractivity (Wildman–Crippen MR) is 59.5 cm³/mol. The van der Waals surface area contributed by atoms with E-state index in [0.29, 0.717) is 12.1 Å². The third kappa shape index (κ3) is 3.38. The van der Waals surface area contributed by atoms with Gasteiger partial charge in [0.25, 0.3) is 5.91 Å². The lowest BCUT2D eigenvalue weighted by Crippen LogP contribution is -2.22. The van der Waals surface area contributed by atoms with Gasteiger partial charge in [0.2, 0.25) is 0 Å². The van der Waals surface area contributed by atoms with Gasteiger partial charge in [-0.1, -0.05) is 18.2 Å². The Morgan fingerprint density at radius 3 is 2.53 bits per heavy atom. The van der Waals surface area contributed by atoms with Crippen LogP contribution in [0.1, 0.15) is 22.8 Å². The molecule has 0 saturated carbocycles. The van der Waals surface area contributed by atoms with E-state index in [-0.39, 0.29) is 5.91 Å². The molecule has 3 heteroatoms. The third-order valence-electron chi connectivity index (χ3n) is 1.88. The molecule has 0 aromatic heterocycles. The first-order valence-electron chi connectivity index (χ1n) is 4.78. The highest BCUT2D eigenvalue weighted by molar-refractivity contribution is 5.94. The minimum absolute atomic E-state index is 0.0802. The van der Waals surface area contributed by atoms with Crippen LogP contribution in [0.15, 0.2) is 30.3 Å². The van der Waals surface area contributed by atoms with Gasteiger partial charge in [-0.2, -0.15) is 0 Å². The Labute approximate surface area is 88.8 Å². The molecule has 0 heterocycles. The largest absolute Gasteiger partial charge is 0.352 e. The number of amides is 1. The van der Waals surface area contributed by atoms with Gasteiger partial charge in [0.15, 0.2) is 0 Å². The van der Waals surface area contributed by atoms with E-state index in [4.69, 9.17) is 0 Å². The molecule has 0 unspecified atom stereocenters. The monoisotopic (exact) mass is 203 g/mol. The molecule has 1 aromatic rings. The first-order valence-corrected chi connectivity index (χ1v) is 4.78. The molecule has 1 rings (SSSR count). The highest BCUT2D eigenvalue weighted by Gasteiger charge is 2.01. The van der Waals surface area contributed by atoms with Crippen LogP contribution in [-0.4, -0.2) is 18.7 Å². The van der Waals surface area contributed by atoms with E-state index < -0.39 is 0 Å². The summed E-state index contributed by atoms with van der Waals surface area (Å²) in [6.45, 7) is 2.49. The summed E-state index contributed by atoms with van der Waals surface area (Å²) in [5.41, 5.74) is 1.52. The minimum Gasteiger partial charge on any atom is -0.352 e. The first kappa shape index (κ1) is 11.2. The second-order valence-electron chi connectivity index (χ2n) is 2.98. The Balaban J connectivity index is 2.75. The molecule has 0 bridgehead atoms. The fourth-order valence-electron chi connectivity index (χ4n) is 1.16. The van der Waals surface area contributed by atoms with Gasteiger partial charge in [0.1, 0.15) is 6.29 Å². The van der Waals surface area contributed by atoms with Gasteiger partial charge in [-0.25, -0.2) is 0 Å². The minimum atomic E-state index is -0.0802. The van der Waals surface area contributed by atoms with Gasteiger partial charge >= 0.3 is 0 Å². The fraction of sp³-hybridized carbons (Fsp3) is 0.167. The summed E-state index contributed by atoms with van der Waals surface area (Å²) in [6, 6.07) is 7.06. The number of allylic oxidation sites excluding steroid dienone is 1. The Bertz CT molecular complexity index is 366. The maximum absolute atomic E-state index is 11.4. The molecule has 1 aromatic carbocycles. The quantitative estimate of drug-likeness (QED) is 0.597. The molecule has 15 heavy (non-hydrogen) atoms. The van der Waals surface area contributed by atoms with Crippen molar-refractivity contribution < 1.29 is 9.59 Å². The number of carbonyl (C=O) groups excluding carboxylic acids is 2. The predicted octanol–water partition coefficient (Wildman–Crippen LogP) is 1.65. The number of hydrogen-bond acceptors (Lipinski definition) is 2. The molecule has 78 valence electrons. The third-order valence-corrected chi connectivity index (χ3v) is 1.88. The molecule has 1 amide bonds. The van der Waals surface area contributed by atoms with Crippen molar-refractivity contribution in [1.29, 1.82) is 0 Å². The van der Waals surface area contributed by atoms with Crippen LogP contribution in [0.5, 0.6) is 0 Å². The maximum Gasteiger partial charge on any atom is 0.251 e. The molecule has 0 spiro atoms. The van der Waals surface area contributed by atoms with Gasteiger partial charge in [-0.3, -0.25) is 9.59 Å². The summed E-state index contributed by atoms with van der Waals surface area (Å²) in [5.74, 6) is -0.0802. The molecule has 0 atom stereocenters. The van der Waals surface area contributed by atoms with Gasteiger partial charge < -0.3 is 5.32 Å². The van der Waals surface area contributed by atoms with Crippen molar-refractivity contribution in [2.45, 2.75) is 6.92 Å². The molecule has 0 aliphatic rings. The second-order valence-corrected chi connectivity index (χ2v) is 2.98. The first-order chi connectivity index (χ1) is 7.27. The Morgan fingerprint density at radius 2 is 2.00 bits per heavy atom. The van der Waals surface area contributed by atoms with E-state index in [1.807, 2.05) is 6.92 Å². The van der Waals surface area contributed by atoms with E-state index >= 15 is 0 Å². The fourth-order valence-corrected chi connectivity index (χ4v) is 1.16. The maximum atomic E-state index is 11.4. The Kier molecular flexibility index (Phi) is 4.29. The zero-order chi connectivity index (χ0) is 11.1. The Hall–Kier alpha value is -1.90. The van der Waals surface area contributed by atoms with E-state index in [0.717, 1.165) is 11.8 Å². The number of rotatable bonds is 4. The number of hydrogen-bond donors (Lipinski definition) is 1. The topological polar surface area (TPSA) is 46.2 Å². The van der Waals surface area contributed by atoms with Crippen LogP contribution in [0.25, 0.3) is 6.08 Å². The summed E-state index contributed by atoms with van der Waals surface area (Å²) in [4.78, 5) is 21.5. The van der Waals surface area contributed by atoms with Gasteiger partial charge in [0, 0.05) is 12.1 Å². The van der Waals surface area contributed by atoms with Crippen molar-refractivity contribution in [1.82, 2.24) is 5.32 Å². The van der Waals surface area contributed by atoms with E-state index in [1.54, 1.807) is 30.3 Å². The van der Waals surface area contributed by atoms with Crippen molar-refractivity contribution in [3.05, 3.63) is 41.5 Å². The van der Waals surface area contributed by atoms with Crippen LogP contribution < -0.4 is 5.32 Å². The highest BCUT2D eigenvalue weighted by atomic mass is 16.1. The van der Waals surface area contributed by atoms with Crippen molar-refractivity contribution in [3.63, 3.8) is 0 Å². The van der Waals surface area contributed by atoms with Gasteiger partial charge in [-0.15, -0.1) is 0 Å². The van der Waals surface area contributed by atoms with Crippen LogP contribution in [0.2, 0.25) is 0 Å². The van der Waals surface area contributed by atoms with Crippen LogP contribution in [0.3, 0.4) is 0 Å². The summed E-state index contributed by atoms with van der Waals surface area (Å²) < 4.78 is 0.